The van der Waals surface area contributed by atoms with E-state index in [9.17, 15) is 49.4 Å². The summed E-state index contributed by atoms with van der Waals surface area (Å²) < 4.78 is 104. The SMILES string of the molecule is Cc1c(C#N)c(Nc2ccc(Cl)c(S(=O)(=O)O)c2)nc(Nc2ccc(Cl)cc2)c1N=Nc1sc(N=Nc2cc(S(=O)(=O)O)c3cccc(S(=O)(=O)O)c3c2)c(-c2ccc(NCCCCl)cc2)c1C#N. The molecule has 0 aliphatic carbocycles. The minimum Gasteiger partial charge on any atom is -0.385 e. The average Bonchev–Trinajstić information content (AvgIpc) is 3.65. The number of fused-ring (bicyclic) bond motifs is 1. The Kier molecular flexibility index (Phi) is 15.0. The number of hydrogen-bond acceptors (Lipinski definition) is 17. The van der Waals surface area contributed by atoms with E-state index < -0.39 is 45.0 Å². The lowest BCUT2D eigenvalue weighted by Crippen LogP contribution is -2.05. The molecule has 0 spiro atoms. The molecule has 26 heteroatoms. The number of halogens is 3. The minimum atomic E-state index is -5.00. The third-order valence-electron chi connectivity index (χ3n) is 9.86. The molecule has 0 amide bonds. The standard InChI is InChI=1S/C43H31Cl3N10O9S4/c1-23-32(21-47)40(51-28-14-15-34(46)37(19-28)69(63,64)65)52-41(50-27-12-8-25(45)9-13-27)39(23)54-55-42-33(22-48)38(24-6-10-26(11-7-24)49-17-3-16-44)43(66-42)56-53-29-18-31-30(36(20-29)68(60,61)62)4-2-5-35(31)67(57,58)59/h2,4-15,18-20,49H,3,16-17H2,1H3,(H2,50,51,52)(H,57,58,59)(H,60,61,62)(H,63,64,65). The molecule has 6 N–H and O–H groups in total. The van der Waals surface area contributed by atoms with Crippen LogP contribution in [0.15, 0.2) is 132 Å². The molecule has 0 bridgehead atoms. The van der Waals surface area contributed by atoms with Crippen LogP contribution in [0.4, 0.5) is 50.1 Å². The van der Waals surface area contributed by atoms with Gasteiger partial charge in [-0.1, -0.05) is 58.8 Å². The van der Waals surface area contributed by atoms with Crippen molar-refractivity contribution in [2.45, 2.75) is 28.0 Å². The fraction of sp³-hybridized carbons (Fsp3) is 0.0930. The predicted octanol–water partition coefficient (Wildman–Crippen LogP) is 12.4. The molecule has 69 heavy (non-hydrogen) atoms. The van der Waals surface area contributed by atoms with Crippen LogP contribution in [0.3, 0.4) is 0 Å². The molecular weight excluding hydrogens is 1040 g/mol. The fourth-order valence-corrected chi connectivity index (χ4v) is 10.3. The van der Waals surface area contributed by atoms with E-state index in [2.05, 4.69) is 53.5 Å². The number of aromatic nitrogens is 1. The molecule has 7 aromatic rings. The highest BCUT2D eigenvalue weighted by molar-refractivity contribution is 7.86. The van der Waals surface area contributed by atoms with Gasteiger partial charge in [0.1, 0.15) is 43.1 Å². The highest BCUT2D eigenvalue weighted by atomic mass is 35.5. The number of pyridine rings is 1. The van der Waals surface area contributed by atoms with Crippen LogP contribution < -0.4 is 16.0 Å². The van der Waals surface area contributed by atoms with E-state index in [0.717, 1.165) is 41.3 Å². The number of anilines is 5. The minimum absolute atomic E-state index is 0.0136. The Morgan fingerprint density at radius 1 is 0.667 bits per heavy atom. The second kappa shape index (κ2) is 20.5. The maximum Gasteiger partial charge on any atom is 0.296 e. The molecule has 352 valence electrons. The summed E-state index contributed by atoms with van der Waals surface area (Å²) in [6, 6.07) is 26.8. The van der Waals surface area contributed by atoms with Gasteiger partial charge in [0.2, 0.25) is 0 Å². The average molecular weight is 1070 g/mol. The summed E-state index contributed by atoms with van der Waals surface area (Å²) in [4.78, 5) is 2.63. The monoisotopic (exact) mass is 1060 g/mol. The van der Waals surface area contributed by atoms with Gasteiger partial charge in [-0.2, -0.15) is 35.8 Å². The third-order valence-corrected chi connectivity index (χ3v) is 14.5. The quantitative estimate of drug-likeness (QED) is 0.0227. The largest absolute Gasteiger partial charge is 0.385 e. The number of rotatable bonds is 16. The van der Waals surface area contributed by atoms with Gasteiger partial charge in [-0.05, 0) is 91.7 Å². The van der Waals surface area contributed by atoms with Crippen LogP contribution in [0.2, 0.25) is 10.0 Å². The number of thiophene rings is 1. The topological polar surface area (TPSA) is 309 Å². The number of nitriles is 2. The van der Waals surface area contributed by atoms with Gasteiger partial charge >= 0.3 is 0 Å². The third kappa shape index (κ3) is 11.5. The van der Waals surface area contributed by atoms with Crippen molar-refractivity contribution in [1.29, 1.82) is 10.5 Å². The molecule has 0 unspecified atom stereocenters. The number of nitrogens with zero attached hydrogens (tertiary/aromatic N) is 7. The van der Waals surface area contributed by atoms with Crippen molar-refractivity contribution < 1.29 is 38.9 Å². The molecule has 5 aromatic carbocycles. The first-order valence-electron chi connectivity index (χ1n) is 19.5. The Hall–Kier alpha value is -6.61. The Bertz CT molecular complexity index is 3680. The molecule has 7 rings (SSSR count). The van der Waals surface area contributed by atoms with E-state index in [4.69, 9.17) is 34.8 Å². The van der Waals surface area contributed by atoms with Crippen molar-refractivity contribution in [3.63, 3.8) is 0 Å². The summed E-state index contributed by atoms with van der Waals surface area (Å²) in [6.07, 6.45) is 0.687. The van der Waals surface area contributed by atoms with Gasteiger partial charge in [0.25, 0.3) is 30.4 Å². The summed E-state index contributed by atoms with van der Waals surface area (Å²) in [5, 5.41) is 47.6. The van der Waals surface area contributed by atoms with E-state index in [0.29, 0.717) is 35.1 Å². The van der Waals surface area contributed by atoms with Crippen LogP contribution in [-0.2, 0) is 30.4 Å². The van der Waals surface area contributed by atoms with Crippen LogP contribution in [0.1, 0.15) is 23.1 Å². The lowest BCUT2D eigenvalue weighted by molar-refractivity contribution is 0.481. The van der Waals surface area contributed by atoms with E-state index in [1.807, 2.05) is 0 Å². The summed E-state index contributed by atoms with van der Waals surface area (Å²) in [5.74, 6) is 0.392. The van der Waals surface area contributed by atoms with Gasteiger partial charge in [0, 0.05) is 56.4 Å². The van der Waals surface area contributed by atoms with Crippen molar-refractivity contribution in [2.24, 2.45) is 20.5 Å². The number of hydrogen-bond donors (Lipinski definition) is 6. The summed E-state index contributed by atoms with van der Waals surface area (Å²) >= 11 is 18.8. The lowest BCUT2D eigenvalue weighted by Gasteiger charge is -2.16. The van der Waals surface area contributed by atoms with Crippen molar-refractivity contribution in [3.8, 4) is 23.3 Å². The van der Waals surface area contributed by atoms with Gasteiger partial charge in [-0.25, -0.2) is 4.98 Å². The van der Waals surface area contributed by atoms with Crippen molar-refractivity contribution >= 4 is 137 Å². The van der Waals surface area contributed by atoms with Gasteiger partial charge < -0.3 is 16.0 Å². The first kappa shape index (κ1) is 50.3. The second-order valence-electron chi connectivity index (χ2n) is 14.4. The zero-order valence-electron chi connectivity index (χ0n) is 35.0. The van der Waals surface area contributed by atoms with Gasteiger partial charge in [-0.3, -0.25) is 13.7 Å². The maximum atomic E-state index is 12.6. The fourth-order valence-electron chi connectivity index (χ4n) is 6.69. The summed E-state index contributed by atoms with van der Waals surface area (Å²) in [6.45, 7) is 2.12. The molecule has 0 aliphatic rings. The molecule has 0 atom stereocenters. The van der Waals surface area contributed by atoms with E-state index in [-0.39, 0.29) is 76.7 Å². The number of alkyl halides is 1. The van der Waals surface area contributed by atoms with E-state index >= 15 is 0 Å². The van der Waals surface area contributed by atoms with Gasteiger partial charge in [0.15, 0.2) is 16.6 Å². The smallest absolute Gasteiger partial charge is 0.296 e. The Labute approximate surface area is 413 Å². The molecule has 0 saturated carbocycles. The zero-order valence-corrected chi connectivity index (χ0v) is 40.6. The summed E-state index contributed by atoms with van der Waals surface area (Å²) in [7, 11) is -14.6. The Balaban J connectivity index is 1.40. The highest BCUT2D eigenvalue weighted by Crippen LogP contribution is 2.49. The van der Waals surface area contributed by atoms with Crippen LogP contribution >= 0.6 is 46.1 Å². The molecule has 0 aliphatic heterocycles. The van der Waals surface area contributed by atoms with Crippen LogP contribution in [0.25, 0.3) is 21.9 Å². The van der Waals surface area contributed by atoms with Crippen molar-refractivity contribution in [2.75, 3.05) is 28.4 Å². The van der Waals surface area contributed by atoms with Gasteiger partial charge in [0.05, 0.1) is 16.3 Å². The van der Waals surface area contributed by atoms with Crippen molar-refractivity contribution in [1.82, 2.24) is 4.98 Å². The first-order chi connectivity index (χ1) is 32.7. The number of benzene rings is 5. The lowest BCUT2D eigenvalue weighted by atomic mass is 10.0. The van der Waals surface area contributed by atoms with E-state index in [1.54, 1.807) is 55.5 Å². The maximum absolute atomic E-state index is 12.6. The number of nitrogens with one attached hydrogen (secondary N) is 3. The number of azo groups is 2. The zero-order chi connectivity index (χ0) is 49.8. The van der Waals surface area contributed by atoms with Crippen molar-refractivity contribution in [3.05, 3.63) is 124 Å². The highest BCUT2D eigenvalue weighted by Gasteiger charge is 2.25. The van der Waals surface area contributed by atoms with Crippen LogP contribution in [0, 0.1) is 29.6 Å². The predicted molar refractivity (Wildman–Crippen MR) is 263 cm³/mol. The first-order valence-corrected chi connectivity index (χ1v) is 26.0. The molecule has 0 saturated heterocycles. The van der Waals surface area contributed by atoms with Crippen LogP contribution in [-0.4, -0.2) is 56.3 Å². The van der Waals surface area contributed by atoms with E-state index in [1.165, 1.54) is 24.3 Å². The Morgan fingerprint density at radius 3 is 1.93 bits per heavy atom. The molecule has 19 nitrogen and oxygen atoms in total. The molecular formula is C43H31Cl3N10O9S4. The molecule has 2 aromatic heterocycles. The molecule has 0 fully saturated rings. The molecule has 0 radical (unpaired) electrons. The second-order valence-corrected chi connectivity index (χ2v) is 20.8. The summed E-state index contributed by atoms with van der Waals surface area (Å²) in [5.41, 5.74) is 1.80. The Morgan fingerprint density at radius 2 is 1.29 bits per heavy atom. The van der Waals surface area contributed by atoms with Crippen LogP contribution in [0.5, 0.6) is 0 Å². The van der Waals surface area contributed by atoms with Gasteiger partial charge in [-0.15, -0.1) is 32.1 Å². The molecule has 2 heterocycles. The normalized spacial score (nSPS) is 12.1.